The molecule has 0 amide bonds. The predicted octanol–water partition coefficient (Wildman–Crippen LogP) is 4.45. The summed E-state index contributed by atoms with van der Waals surface area (Å²) >= 11 is 1.90. The van der Waals surface area contributed by atoms with Gasteiger partial charge >= 0.3 is 5.97 Å². The van der Waals surface area contributed by atoms with Crippen molar-refractivity contribution in [3.63, 3.8) is 0 Å². The van der Waals surface area contributed by atoms with E-state index in [0.29, 0.717) is 0 Å². The van der Waals surface area contributed by atoms with Crippen LogP contribution in [0.4, 0.5) is 0 Å². The van der Waals surface area contributed by atoms with Crippen LogP contribution >= 0.6 is 11.8 Å². The number of piperidine rings is 1. The van der Waals surface area contributed by atoms with Crippen LogP contribution in [0, 0.1) is 0 Å². The Hall–Kier alpha value is -1.78. The molecule has 0 saturated carbocycles. The van der Waals surface area contributed by atoms with Crippen LogP contribution in [0.5, 0.6) is 0 Å². The summed E-state index contributed by atoms with van der Waals surface area (Å²) in [5.74, 6) is 0.255. The Balaban J connectivity index is 1.66. The number of carboxylic acid groups (broad SMARTS) is 1. The first kappa shape index (κ1) is 18.0. The summed E-state index contributed by atoms with van der Waals surface area (Å²) in [5.41, 5.74) is 2.60. The Labute approximate surface area is 154 Å². The number of likely N-dealkylation sites (tertiary alicyclic amines) is 1. The Morgan fingerprint density at radius 2 is 1.64 bits per heavy atom. The predicted molar refractivity (Wildman–Crippen MR) is 104 cm³/mol. The Bertz CT molecular complexity index is 623. The van der Waals surface area contributed by atoms with Gasteiger partial charge in [-0.25, -0.2) is 0 Å². The molecular formula is C21H25NO2S. The molecule has 0 aliphatic carbocycles. The molecule has 1 aliphatic heterocycles. The average Bonchev–Trinajstić information content (AvgIpc) is 2.67. The number of aliphatic carboxylic acids is 1. The van der Waals surface area contributed by atoms with E-state index in [0.717, 1.165) is 38.1 Å². The van der Waals surface area contributed by atoms with E-state index >= 15 is 0 Å². The molecule has 2 aromatic carbocycles. The van der Waals surface area contributed by atoms with Crippen molar-refractivity contribution in [2.45, 2.75) is 30.6 Å². The lowest BCUT2D eigenvalue weighted by molar-refractivity contribution is -0.144. The van der Waals surface area contributed by atoms with Crippen molar-refractivity contribution in [3.05, 3.63) is 71.8 Å². The summed E-state index contributed by atoms with van der Waals surface area (Å²) < 4.78 is 0. The quantitative estimate of drug-likeness (QED) is 0.797. The Morgan fingerprint density at radius 1 is 1.04 bits per heavy atom. The van der Waals surface area contributed by atoms with Gasteiger partial charge < -0.3 is 5.11 Å². The third-order valence-electron chi connectivity index (χ3n) is 4.77. The molecule has 1 unspecified atom stereocenters. The number of benzene rings is 2. The van der Waals surface area contributed by atoms with Crippen molar-refractivity contribution >= 4 is 17.7 Å². The highest BCUT2D eigenvalue weighted by Crippen LogP contribution is 2.35. The Morgan fingerprint density at radius 3 is 2.20 bits per heavy atom. The summed E-state index contributed by atoms with van der Waals surface area (Å²) in [7, 11) is 0. The minimum Gasteiger partial charge on any atom is -0.480 e. The van der Waals surface area contributed by atoms with Crippen LogP contribution in [-0.4, -0.2) is 40.9 Å². The van der Waals surface area contributed by atoms with E-state index in [1.165, 1.54) is 11.1 Å². The minimum atomic E-state index is -0.674. The van der Waals surface area contributed by atoms with Crippen LogP contribution in [0.15, 0.2) is 60.7 Å². The summed E-state index contributed by atoms with van der Waals surface area (Å²) in [5, 5.41) is 9.71. The number of hydrogen-bond acceptors (Lipinski definition) is 3. The van der Waals surface area contributed by atoms with Crippen molar-refractivity contribution < 1.29 is 9.90 Å². The maximum absolute atomic E-state index is 11.5. The molecule has 1 aliphatic rings. The zero-order valence-corrected chi connectivity index (χ0v) is 15.2. The second kappa shape index (κ2) is 9.07. The van der Waals surface area contributed by atoms with E-state index in [4.69, 9.17) is 0 Å². The first-order valence-electron chi connectivity index (χ1n) is 8.94. The third kappa shape index (κ3) is 4.86. The molecule has 1 N–H and O–H groups in total. The highest BCUT2D eigenvalue weighted by atomic mass is 32.2. The monoisotopic (exact) mass is 355 g/mol. The van der Waals surface area contributed by atoms with E-state index in [1.807, 2.05) is 23.9 Å². The summed E-state index contributed by atoms with van der Waals surface area (Å²) in [6.45, 7) is 1.73. The zero-order chi connectivity index (χ0) is 17.5. The van der Waals surface area contributed by atoms with Crippen molar-refractivity contribution in [2.75, 3.05) is 18.8 Å². The van der Waals surface area contributed by atoms with Gasteiger partial charge in [0.15, 0.2) is 0 Å². The number of rotatable bonds is 7. The van der Waals surface area contributed by atoms with Gasteiger partial charge in [-0.3, -0.25) is 9.69 Å². The summed E-state index contributed by atoms with van der Waals surface area (Å²) in [4.78, 5) is 13.6. The molecule has 1 saturated heterocycles. The van der Waals surface area contributed by atoms with E-state index in [-0.39, 0.29) is 11.3 Å². The van der Waals surface area contributed by atoms with Gasteiger partial charge in [0.2, 0.25) is 0 Å². The van der Waals surface area contributed by atoms with Gasteiger partial charge in [-0.2, -0.15) is 0 Å². The molecule has 132 valence electrons. The fraction of sp³-hybridized carbons (Fsp3) is 0.381. The average molecular weight is 356 g/mol. The lowest BCUT2D eigenvalue weighted by Gasteiger charge is -2.33. The first-order valence-corrected chi connectivity index (χ1v) is 9.99. The van der Waals surface area contributed by atoms with Crippen molar-refractivity contribution in [2.24, 2.45) is 0 Å². The highest BCUT2D eigenvalue weighted by Gasteiger charge is 2.28. The lowest BCUT2D eigenvalue weighted by Crippen LogP contribution is -2.45. The fourth-order valence-corrected chi connectivity index (χ4v) is 4.74. The van der Waals surface area contributed by atoms with Crippen LogP contribution in [0.1, 0.15) is 35.6 Å². The standard InChI is InChI=1S/C21H25NO2S/c23-21(24)19-13-7-8-14-22(19)15-16-25-20(17-9-3-1-4-10-17)18-11-5-2-6-12-18/h1-6,9-12,19-20H,7-8,13-16H2,(H,23,24). The molecule has 0 bridgehead atoms. The first-order chi connectivity index (χ1) is 12.3. The lowest BCUT2D eigenvalue weighted by atomic mass is 10.0. The van der Waals surface area contributed by atoms with E-state index in [9.17, 15) is 9.90 Å². The highest BCUT2D eigenvalue weighted by molar-refractivity contribution is 7.99. The van der Waals surface area contributed by atoms with Crippen LogP contribution < -0.4 is 0 Å². The molecule has 2 aromatic rings. The van der Waals surface area contributed by atoms with Crippen LogP contribution in [0.25, 0.3) is 0 Å². The van der Waals surface area contributed by atoms with Crippen molar-refractivity contribution in [1.82, 2.24) is 4.90 Å². The molecule has 1 fully saturated rings. The SMILES string of the molecule is O=C(O)C1CCCCN1CCSC(c1ccccc1)c1ccccc1. The van der Waals surface area contributed by atoms with Crippen molar-refractivity contribution in [3.8, 4) is 0 Å². The molecule has 0 aromatic heterocycles. The maximum Gasteiger partial charge on any atom is 0.320 e. The molecule has 3 nitrogen and oxygen atoms in total. The van der Waals surface area contributed by atoms with Gasteiger partial charge in [0, 0.05) is 12.3 Å². The van der Waals surface area contributed by atoms with E-state index in [2.05, 4.69) is 53.4 Å². The molecule has 0 radical (unpaired) electrons. The van der Waals surface area contributed by atoms with Crippen LogP contribution in [-0.2, 0) is 4.79 Å². The van der Waals surface area contributed by atoms with Crippen molar-refractivity contribution in [1.29, 1.82) is 0 Å². The topological polar surface area (TPSA) is 40.5 Å². The number of carbonyl (C=O) groups is 1. The smallest absolute Gasteiger partial charge is 0.320 e. The molecular weight excluding hydrogens is 330 g/mol. The van der Waals surface area contributed by atoms with E-state index < -0.39 is 5.97 Å². The van der Waals surface area contributed by atoms with Crippen LogP contribution in [0.3, 0.4) is 0 Å². The number of nitrogens with zero attached hydrogens (tertiary/aromatic N) is 1. The maximum atomic E-state index is 11.5. The van der Waals surface area contributed by atoms with Gasteiger partial charge in [-0.1, -0.05) is 67.1 Å². The second-order valence-corrected chi connectivity index (χ2v) is 7.67. The molecule has 0 spiro atoms. The number of carboxylic acids is 1. The molecule has 25 heavy (non-hydrogen) atoms. The molecule has 1 atom stereocenters. The van der Waals surface area contributed by atoms with Gasteiger partial charge in [-0.15, -0.1) is 11.8 Å². The Kier molecular flexibility index (Phi) is 6.54. The zero-order valence-electron chi connectivity index (χ0n) is 14.4. The van der Waals surface area contributed by atoms with Gasteiger partial charge in [0.1, 0.15) is 6.04 Å². The molecule has 4 heteroatoms. The van der Waals surface area contributed by atoms with Gasteiger partial charge in [-0.05, 0) is 30.5 Å². The summed E-state index contributed by atoms with van der Waals surface area (Å²) in [6, 6.07) is 20.8. The number of hydrogen-bond donors (Lipinski definition) is 1. The minimum absolute atomic E-state index is 0.287. The summed E-state index contributed by atoms with van der Waals surface area (Å²) in [6.07, 6.45) is 2.91. The van der Waals surface area contributed by atoms with Gasteiger partial charge in [0.25, 0.3) is 0 Å². The van der Waals surface area contributed by atoms with Crippen LogP contribution in [0.2, 0.25) is 0 Å². The molecule has 3 rings (SSSR count). The molecule has 1 heterocycles. The second-order valence-electron chi connectivity index (χ2n) is 6.46. The largest absolute Gasteiger partial charge is 0.480 e. The van der Waals surface area contributed by atoms with Gasteiger partial charge in [0.05, 0.1) is 5.25 Å². The third-order valence-corrected chi connectivity index (χ3v) is 6.06. The van der Waals surface area contributed by atoms with E-state index in [1.54, 1.807) is 0 Å². The fourth-order valence-electron chi connectivity index (χ4n) is 3.47. The normalized spacial score (nSPS) is 18.4. The number of thioether (sulfide) groups is 1.